The maximum atomic E-state index is 9.10. The molecule has 0 radical (unpaired) electrons. The Morgan fingerprint density at radius 3 is 2.89 bits per heavy atom. The molecule has 0 saturated carbocycles. The molecule has 1 unspecified atom stereocenters. The van der Waals surface area contributed by atoms with Gasteiger partial charge in [-0.3, -0.25) is 0 Å². The maximum absolute atomic E-state index is 9.10. The molecule has 1 aromatic rings. The largest absolute Gasteiger partial charge is 0.392 e. The highest BCUT2D eigenvalue weighted by molar-refractivity contribution is 5.46. The van der Waals surface area contributed by atoms with Gasteiger partial charge in [-0.2, -0.15) is 0 Å². The zero-order chi connectivity index (χ0) is 13.1. The summed E-state index contributed by atoms with van der Waals surface area (Å²) in [5, 5.41) is 9.10. The van der Waals surface area contributed by atoms with Crippen molar-refractivity contribution in [1.29, 1.82) is 0 Å². The Kier molecular flexibility index (Phi) is 4.19. The van der Waals surface area contributed by atoms with Crippen molar-refractivity contribution < 1.29 is 5.11 Å². The van der Waals surface area contributed by atoms with Crippen molar-refractivity contribution >= 4 is 5.82 Å². The molecule has 2 rings (SSSR count). The van der Waals surface area contributed by atoms with E-state index in [1.54, 1.807) is 6.20 Å². The Morgan fingerprint density at radius 1 is 1.56 bits per heavy atom. The fraction of sp³-hybridized carbons (Fsp3) is 0.643. The molecule has 1 saturated heterocycles. The van der Waals surface area contributed by atoms with Crippen LogP contribution in [0.25, 0.3) is 0 Å². The predicted octanol–water partition coefficient (Wildman–Crippen LogP) is 1.41. The lowest BCUT2D eigenvalue weighted by molar-refractivity contribution is 0.281. The van der Waals surface area contributed by atoms with Crippen LogP contribution in [0.3, 0.4) is 0 Å². The van der Waals surface area contributed by atoms with Gasteiger partial charge >= 0.3 is 0 Å². The number of aromatic nitrogens is 1. The highest BCUT2D eigenvalue weighted by Gasteiger charge is 2.22. The van der Waals surface area contributed by atoms with Crippen molar-refractivity contribution in [1.82, 2.24) is 9.88 Å². The van der Waals surface area contributed by atoms with Gasteiger partial charge in [0.2, 0.25) is 0 Å². The smallest absolute Gasteiger partial charge is 0.131 e. The van der Waals surface area contributed by atoms with Crippen LogP contribution in [0, 0.1) is 6.92 Å². The first kappa shape index (κ1) is 13.3. The van der Waals surface area contributed by atoms with Gasteiger partial charge in [0.05, 0.1) is 6.61 Å². The predicted molar refractivity (Wildman–Crippen MR) is 73.8 cm³/mol. The quantitative estimate of drug-likeness (QED) is 0.876. The van der Waals surface area contributed by atoms with E-state index in [2.05, 4.69) is 35.8 Å². The van der Waals surface area contributed by atoms with Crippen LogP contribution in [0.4, 0.5) is 5.82 Å². The van der Waals surface area contributed by atoms with Gasteiger partial charge in [0.25, 0.3) is 0 Å². The summed E-state index contributed by atoms with van der Waals surface area (Å²) in [6.07, 6.45) is 4.33. The summed E-state index contributed by atoms with van der Waals surface area (Å²) < 4.78 is 0. The van der Waals surface area contributed by atoms with Gasteiger partial charge < -0.3 is 14.9 Å². The summed E-state index contributed by atoms with van der Waals surface area (Å²) in [6.45, 7) is 4.33. The molecule has 2 heterocycles. The van der Waals surface area contributed by atoms with Crippen LogP contribution >= 0.6 is 0 Å². The molecule has 0 spiro atoms. The molecule has 0 bridgehead atoms. The highest BCUT2D eigenvalue weighted by atomic mass is 16.3. The summed E-state index contributed by atoms with van der Waals surface area (Å²) >= 11 is 0. The molecular formula is C14H23N3O. The fourth-order valence-corrected chi connectivity index (χ4v) is 2.72. The number of pyridine rings is 1. The summed E-state index contributed by atoms with van der Waals surface area (Å²) in [5.41, 5.74) is 2.01. The van der Waals surface area contributed by atoms with Crippen LogP contribution in [-0.2, 0) is 6.61 Å². The average molecular weight is 249 g/mol. The minimum Gasteiger partial charge on any atom is -0.392 e. The molecule has 1 N–H and O–H groups in total. The van der Waals surface area contributed by atoms with E-state index in [0.717, 1.165) is 23.5 Å². The van der Waals surface area contributed by atoms with Gasteiger partial charge in [0, 0.05) is 25.8 Å². The third-order valence-corrected chi connectivity index (χ3v) is 3.81. The first-order valence-corrected chi connectivity index (χ1v) is 6.59. The molecule has 4 heteroatoms. The van der Waals surface area contributed by atoms with Crippen LogP contribution in [0.1, 0.15) is 24.0 Å². The van der Waals surface area contributed by atoms with Crippen LogP contribution in [0.5, 0.6) is 0 Å². The minimum atomic E-state index is 0.0587. The molecule has 1 atom stereocenters. The van der Waals surface area contributed by atoms with Crippen molar-refractivity contribution in [3.63, 3.8) is 0 Å². The van der Waals surface area contributed by atoms with E-state index in [0.29, 0.717) is 6.04 Å². The van der Waals surface area contributed by atoms with E-state index in [-0.39, 0.29) is 6.61 Å². The van der Waals surface area contributed by atoms with E-state index in [1.165, 1.54) is 19.4 Å². The molecule has 100 valence electrons. The first-order valence-electron chi connectivity index (χ1n) is 6.59. The molecule has 18 heavy (non-hydrogen) atoms. The molecule has 1 aromatic heterocycles. The fourth-order valence-electron chi connectivity index (χ4n) is 2.72. The molecule has 0 aromatic carbocycles. The molecule has 1 aliphatic heterocycles. The molecule has 0 amide bonds. The number of likely N-dealkylation sites (tertiary alicyclic amines) is 1. The second-order valence-corrected chi connectivity index (χ2v) is 5.30. The van der Waals surface area contributed by atoms with Crippen LogP contribution in [0.2, 0.25) is 0 Å². The van der Waals surface area contributed by atoms with Crippen molar-refractivity contribution in [2.45, 2.75) is 32.4 Å². The van der Waals surface area contributed by atoms with Crippen LogP contribution in [0.15, 0.2) is 12.3 Å². The molecule has 0 aliphatic carbocycles. The van der Waals surface area contributed by atoms with E-state index in [4.69, 9.17) is 5.11 Å². The Bertz CT molecular complexity index is 408. The van der Waals surface area contributed by atoms with Crippen LogP contribution < -0.4 is 4.90 Å². The normalized spacial score (nSPS) is 20.3. The zero-order valence-corrected chi connectivity index (χ0v) is 11.6. The maximum Gasteiger partial charge on any atom is 0.131 e. The number of rotatable bonds is 4. The van der Waals surface area contributed by atoms with Gasteiger partial charge in [0.15, 0.2) is 0 Å². The minimum absolute atomic E-state index is 0.0587. The standard InChI is InChI=1S/C14H23N3O/c1-11-7-12(10-18)8-15-14(11)17(3)9-13-5-4-6-16(13)2/h7-8,13,18H,4-6,9-10H2,1-3H3. The van der Waals surface area contributed by atoms with E-state index in [9.17, 15) is 0 Å². The van der Waals surface area contributed by atoms with Crippen molar-refractivity contribution in [3.8, 4) is 0 Å². The van der Waals surface area contributed by atoms with Gasteiger partial charge in [-0.05, 0) is 50.6 Å². The Balaban J connectivity index is 2.06. The summed E-state index contributed by atoms with van der Waals surface area (Å²) in [6, 6.07) is 2.64. The van der Waals surface area contributed by atoms with Gasteiger partial charge in [-0.1, -0.05) is 0 Å². The van der Waals surface area contributed by atoms with Gasteiger partial charge in [0.1, 0.15) is 5.82 Å². The number of hydrogen-bond acceptors (Lipinski definition) is 4. The SMILES string of the molecule is Cc1cc(CO)cnc1N(C)CC1CCCN1C. The number of nitrogens with zero attached hydrogens (tertiary/aromatic N) is 3. The van der Waals surface area contributed by atoms with Gasteiger partial charge in [-0.25, -0.2) is 4.98 Å². The molecule has 1 aliphatic rings. The lowest BCUT2D eigenvalue weighted by Gasteiger charge is -2.27. The Labute approximate surface area is 109 Å². The first-order chi connectivity index (χ1) is 8.61. The highest BCUT2D eigenvalue weighted by Crippen LogP contribution is 2.21. The second-order valence-electron chi connectivity index (χ2n) is 5.30. The summed E-state index contributed by atoms with van der Waals surface area (Å²) in [5.74, 6) is 1.02. The molecule has 4 nitrogen and oxygen atoms in total. The molecular weight excluding hydrogens is 226 g/mol. The number of anilines is 1. The third-order valence-electron chi connectivity index (χ3n) is 3.81. The van der Waals surface area contributed by atoms with Crippen LogP contribution in [-0.4, -0.2) is 48.2 Å². The number of aryl methyl sites for hydroxylation is 1. The third kappa shape index (κ3) is 2.82. The average Bonchev–Trinajstić information content (AvgIpc) is 2.74. The van der Waals surface area contributed by atoms with E-state index in [1.807, 2.05) is 6.07 Å². The monoisotopic (exact) mass is 249 g/mol. The second kappa shape index (κ2) is 5.67. The Hall–Kier alpha value is -1.13. The lowest BCUT2D eigenvalue weighted by Crippen LogP contribution is -2.37. The topological polar surface area (TPSA) is 39.6 Å². The number of aliphatic hydroxyl groups is 1. The number of hydrogen-bond donors (Lipinski definition) is 1. The number of likely N-dealkylation sites (N-methyl/N-ethyl adjacent to an activating group) is 2. The van der Waals surface area contributed by atoms with Crippen molar-refractivity contribution in [2.75, 3.05) is 32.1 Å². The van der Waals surface area contributed by atoms with Crippen molar-refractivity contribution in [3.05, 3.63) is 23.4 Å². The number of aliphatic hydroxyl groups excluding tert-OH is 1. The van der Waals surface area contributed by atoms with E-state index >= 15 is 0 Å². The summed E-state index contributed by atoms with van der Waals surface area (Å²) in [7, 11) is 4.29. The Morgan fingerprint density at radius 2 is 2.33 bits per heavy atom. The zero-order valence-electron chi connectivity index (χ0n) is 11.6. The van der Waals surface area contributed by atoms with Gasteiger partial charge in [-0.15, -0.1) is 0 Å². The molecule has 1 fully saturated rings. The van der Waals surface area contributed by atoms with Crippen molar-refractivity contribution in [2.24, 2.45) is 0 Å². The summed E-state index contributed by atoms with van der Waals surface area (Å²) in [4.78, 5) is 9.11. The lowest BCUT2D eigenvalue weighted by atomic mass is 10.1. The van der Waals surface area contributed by atoms with E-state index < -0.39 is 0 Å².